The molecule has 5 nitrogen and oxygen atoms in total. The van der Waals surface area contributed by atoms with Gasteiger partial charge in [-0.3, -0.25) is 9.69 Å². The van der Waals surface area contributed by atoms with Gasteiger partial charge in [0, 0.05) is 38.6 Å². The van der Waals surface area contributed by atoms with Crippen LogP contribution in [0.2, 0.25) is 0 Å². The van der Waals surface area contributed by atoms with Gasteiger partial charge in [0.15, 0.2) is 0 Å². The van der Waals surface area contributed by atoms with Crippen LogP contribution in [0.3, 0.4) is 0 Å². The Bertz CT molecular complexity index is 429. The number of carbonyl (C=O) groups excluding carboxylic acids is 1. The van der Waals surface area contributed by atoms with Gasteiger partial charge in [0.2, 0.25) is 5.91 Å². The van der Waals surface area contributed by atoms with E-state index in [9.17, 15) is 4.79 Å². The lowest BCUT2D eigenvalue weighted by molar-refractivity contribution is -0.134. The number of piperidine rings is 1. The second-order valence-electron chi connectivity index (χ2n) is 8.65. The van der Waals surface area contributed by atoms with Gasteiger partial charge in [-0.15, -0.1) is 0 Å². The van der Waals surface area contributed by atoms with Gasteiger partial charge in [-0.2, -0.15) is 0 Å². The molecule has 3 fully saturated rings. The van der Waals surface area contributed by atoms with Crippen molar-refractivity contribution in [3.8, 4) is 0 Å². The first-order chi connectivity index (χ1) is 12.0. The summed E-state index contributed by atoms with van der Waals surface area (Å²) in [5, 5.41) is 3.49. The lowest BCUT2D eigenvalue weighted by Crippen LogP contribution is -2.51. The number of nitrogens with zero attached hydrogens (tertiary/aromatic N) is 2. The molecule has 0 saturated carbocycles. The van der Waals surface area contributed by atoms with Crippen LogP contribution < -0.4 is 5.32 Å². The number of hydrogen-bond acceptors (Lipinski definition) is 4. The van der Waals surface area contributed by atoms with Crippen LogP contribution in [0.1, 0.15) is 52.9 Å². The molecule has 0 spiro atoms. The Morgan fingerprint density at radius 1 is 1.20 bits per heavy atom. The molecular weight excluding hydrogens is 314 g/mol. The first kappa shape index (κ1) is 19.1. The van der Waals surface area contributed by atoms with Crippen LogP contribution in [0.5, 0.6) is 0 Å². The van der Waals surface area contributed by atoms with Crippen LogP contribution in [0, 0.1) is 11.8 Å². The van der Waals surface area contributed by atoms with Crippen molar-refractivity contribution in [3.63, 3.8) is 0 Å². The van der Waals surface area contributed by atoms with Gasteiger partial charge in [-0.25, -0.2) is 0 Å². The van der Waals surface area contributed by atoms with E-state index in [-0.39, 0.29) is 0 Å². The van der Waals surface area contributed by atoms with E-state index in [1.165, 1.54) is 12.8 Å². The summed E-state index contributed by atoms with van der Waals surface area (Å²) in [4.78, 5) is 17.6. The van der Waals surface area contributed by atoms with Crippen molar-refractivity contribution in [1.82, 2.24) is 15.1 Å². The summed E-state index contributed by atoms with van der Waals surface area (Å²) in [6.07, 6.45) is 6.16. The Morgan fingerprint density at radius 3 is 2.64 bits per heavy atom. The maximum Gasteiger partial charge on any atom is 0.223 e. The van der Waals surface area contributed by atoms with E-state index in [4.69, 9.17) is 4.74 Å². The third-order valence-electron chi connectivity index (χ3n) is 6.30. The van der Waals surface area contributed by atoms with E-state index in [2.05, 4.69) is 35.9 Å². The molecule has 0 aliphatic carbocycles. The zero-order valence-corrected chi connectivity index (χ0v) is 16.4. The number of amides is 1. The monoisotopic (exact) mass is 351 g/mol. The van der Waals surface area contributed by atoms with E-state index in [1.54, 1.807) is 0 Å². The third-order valence-corrected chi connectivity index (χ3v) is 6.30. The molecule has 5 unspecified atom stereocenters. The molecule has 1 N–H and O–H groups in total. The fourth-order valence-electron chi connectivity index (χ4n) is 5.01. The molecule has 3 heterocycles. The molecule has 5 atom stereocenters. The van der Waals surface area contributed by atoms with Gasteiger partial charge in [-0.05, 0) is 64.5 Å². The fourth-order valence-corrected chi connectivity index (χ4v) is 5.01. The number of rotatable bonds is 5. The van der Waals surface area contributed by atoms with Crippen LogP contribution in [-0.4, -0.2) is 73.2 Å². The van der Waals surface area contributed by atoms with E-state index in [0.29, 0.717) is 36.0 Å². The number of morpholine rings is 1. The Labute approximate surface area is 153 Å². The molecule has 0 aromatic heterocycles. The molecule has 3 saturated heterocycles. The number of nitrogens with one attached hydrogen (secondary N) is 1. The number of ether oxygens (including phenoxy) is 1. The highest BCUT2D eigenvalue weighted by atomic mass is 16.5. The third kappa shape index (κ3) is 5.18. The van der Waals surface area contributed by atoms with Gasteiger partial charge >= 0.3 is 0 Å². The molecule has 25 heavy (non-hydrogen) atoms. The van der Waals surface area contributed by atoms with Crippen molar-refractivity contribution in [2.75, 3.05) is 39.3 Å². The van der Waals surface area contributed by atoms with Gasteiger partial charge < -0.3 is 15.0 Å². The highest BCUT2D eigenvalue weighted by Gasteiger charge is 2.33. The van der Waals surface area contributed by atoms with Crippen LogP contribution in [0.15, 0.2) is 0 Å². The molecule has 3 rings (SSSR count). The topological polar surface area (TPSA) is 44.8 Å². The Balaban J connectivity index is 1.50. The molecule has 1 amide bonds. The molecule has 0 aromatic rings. The van der Waals surface area contributed by atoms with Crippen molar-refractivity contribution in [2.24, 2.45) is 11.8 Å². The molecule has 144 valence electrons. The van der Waals surface area contributed by atoms with Crippen LogP contribution in [-0.2, 0) is 9.53 Å². The smallest absolute Gasteiger partial charge is 0.223 e. The first-order valence-corrected chi connectivity index (χ1v) is 10.4. The minimum absolute atomic E-state index is 0.299. The summed E-state index contributed by atoms with van der Waals surface area (Å²) in [6, 6.07) is 0.404. The highest BCUT2D eigenvalue weighted by Crippen LogP contribution is 2.26. The largest absolute Gasteiger partial charge is 0.373 e. The van der Waals surface area contributed by atoms with Gasteiger partial charge in [-0.1, -0.05) is 6.92 Å². The van der Waals surface area contributed by atoms with Gasteiger partial charge in [0.1, 0.15) is 0 Å². The molecule has 3 aliphatic heterocycles. The predicted molar refractivity (Wildman–Crippen MR) is 101 cm³/mol. The highest BCUT2D eigenvalue weighted by molar-refractivity contribution is 5.77. The second kappa shape index (κ2) is 8.83. The zero-order chi connectivity index (χ0) is 17.8. The Hall–Kier alpha value is -0.650. The minimum Gasteiger partial charge on any atom is -0.373 e. The maximum absolute atomic E-state index is 12.9. The van der Waals surface area contributed by atoms with Crippen molar-refractivity contribution in [1.29, 1.82) is 0 Å². The van der Waals surface area contributed by atoms with Crippen LogP contribution in [0.4, 0.5) is 0 Å². The number of hydrogen-bond donors (Lipinski definition) is 1. The summed E-state index contributed by atoms with van der Waals surface area (Å²) >= 11 is 0. The second-order valence-corrected chi connectivity index (χ2v) is 8.65. The molecule has 3 aliphatic rings. The lowest BCUT2D eigenvalue weighted by Gasteiger charge is -2.38. The maximum atomic E-state index is 12.9. The van der Waals surface area contributed by atoms with Crippen molar-refractivity contribution in [2.45, 2.75) is 71.1 Å². The van der Waals surface area contributed by atoms with Crippen LogP contribution >= 0.6 is 0 Å². The number of carbonyl (C=O) groups is 1. The average Bonchev–Trinajstić information content (AvgIpc) is 3.03. The Kier molecular flexibility index (Phi) is 6.75. The molecule has 0 bridgehead atoms. The van der Waals surface area contributed by atoms with Crippen LogP contribution in [0.25, 0.3) is 0 Å². The van der Waals surface area contributed by atoms with E-state index in [0.717, 1.165) is 58.5 Å². The van der Waals surface area contributed by atoms with Gasteiger partial charge in [0.25, 0.3) is 0 Å². The molecule has 5 heteroatoms. The zero-order valence-electron chi connectivity index (χ0n) is 16.4. The van der Waals surface area contributed by atoms with Crippen molar-refractivity contribution in [3.05, 3.63) is 0 Å². The first-order valence-electron chi connectivity index (χ1n) is 10.4. The summed E-state index contributed by atoms with van der Waals surface area (Å²) in [5.74, 6) is 1.54. The summed E-state index contributed by atoms with van der Waals surface area (Å²) in [5.41, 5.74) is 0. The SMILES string of the molecule is CC1CN(CC2CCCN2C(=O)CC(C)C2CCCNC2)CC(C)O1. The summed E-state index contributed by atoms with van der Waals surface area (Å²) in [7, 11) is 0. The molecule has 0 aromatic carbocycles. The molecular formula is C20H37N3O2. The van der Waals surface area contributed by atoms with E-state index < -0.39 is 0 Å². The fraction of sp³-hybridized carbons (Fsp3) is 0.950. The van der Waals surface area contributed by atoms with E-state index in [1.807, 2.05) is 0 Å². The number of likely N-dealkylation sites (tertiary alicyclic amines) is 1. The van der Waals surface area contributed by atoms with Gasteiger partial charge in [0.05, 0.1) is 12.2 Å². The Morgan fingerprint density at radius 2 is 1.96 bits per heavy atom. The lowest BCUT2D eigenvalue weighted by atomic mass is 9.85. The predicted octanol–water partition coefficient (Wildman–Crippen LogP) is 2.11. The minimum atomic E-state index is 0.299. The quantitative estimate of drug-likeness (QED) is 0.824. The normalized spacial score (nSPS) is 35.7. The summed E-state index contributed by atoms with van der Waals surface area (Å²) < 4.78 is 5.85. The van der Waals surface area contributed by atoms with E-state index >= 15 is 0 Å². The van der Waals surface area contributed by atoms with Crippen molar-refractivity contribution >= 4 is 5.91 Å². The van der Waals surface area contributed by atoms with Crippen molar-refractivity contribution < 1.29 is 9.53 Å². The average molecular weight is 352 g/mol. The standard InChI is InChI=1S/C20H37N3O2/c1-15(18-6-4-8-21-11-18)10-20(24)23-9-5-7-19(23)14-22-12-16(2)25-17(3)13-22/h15-19,21H,4-14H2,1-3H3. The molecule has 0 radical (unpaired) electrons. The summed E-state index contributed by atoms with van der Waals surface area (Å²) in [6.45, 7) is 12.8.